The summed E-state index contributed by atoms with van der Waals surface area (Å²) in [5, 5.41) is 39.7. The summed E-state index contributed by atoms with van der Waals surface area (Å²) in [4.78, 5) is -2.37. The molecular formula is C38H33N7O12S3. The number of aromatic hydroxyl groups is 1. The predicted octanol–water partition coefficient (Wildman–Crippen LogP) is 9.91. The van der Waals surface area contributed by atoms with Crippen molar-refractivity contribution in [3.8, 4) is 17.2 Å². The van der Waals surface area contributed by atoms with Crippen molar-refractivity contribution in [2.75, 3.05) is 19.5 Å². The highest BCUT2D eigenvalue weighted by Gasteiger charge is 2.23. The lowest BCUT2D eigenvalue weighted by molar-refractivity contribution is 0.415. The van der Waals surface area contributed by atoms with Crippen LogP contribution in [0, 0.1) is 13.8 Å². The molecule has 6 aromatic carbocycles. The largest absolute Gasteiger partial charge is 0.505 e. The molecular weight excluding hydrogens is 843 g/mol. The molecule has 6 rings (SSSR count). The normalized spacial score (nSPS) is 12.5. The molecule has 0 saturated carbocycles. The Labute approximate surface area is 343 Å². The maximum absolute atomic E-state index is 12.5. The molecule has 60 heavy (non-hydrogen) atoms. The van der Waals surface area contributed by atoms with Gasteiger partial charge in [0.1, 0.15) is 44.0 Å². The third-order valence-electron chi connectivity index (χ3n) is 8.68. The maximum Gasteiger partial charge on any atom is 0.296 e. The quantitative estimate of drug-likeness (QED) is 0.0534. The van der Waals surface area contributed by atoms with Gasteiger partial charge >= 0.3 is 0 Å². The van der Waals surface area contributed by atoms with Crippen LogP contribution in [0.4, 0.5) is 45.5 Å². The summed E-state index contributed by atoms with van der Waals surface area (Å²) in [6.07, 6.45) is 0. The Morgan fingerprint density at radius 1 is 0.517 bits per heavy atom. The van der Waals surface area contributed by atoms with E-state index in [2.05, 4.69) is 36.0 Å². The first-order valence-corrected chi connectivity index (χ1v) is 21.4. The monoisotopic (exact) mass is 875 g/mol. The zero-order valence-corrected chi connectivity index (χ0v) is 34.1. The smallest absolute Gasteiger partial charge is 0.296 e. The standard InChI is InChI=1S/C38H33N7O12S3/c1-21-14-31(33(56-3)19-29(21)41-40-28-13-11-26(58(47,48)49)18-35(28)59(50,51)52)43-42-30-20-34(57-4)32(15-22(30)2)44-45-37-36(60(53,54)55)17-23-16-25(10-12-27(23)38(37)46)39-24-8-6-5-7-9-24/h5-20,39,46H,1-4H3,(H,47,48,49)(H,50,51,52)(H,53,54,55). The van der Waals surface area contributed by atoms with E-state index in [1.807, 2.05) is 30.3 Å². The molecule has 0 aromatic heterocycles. The van der Waals surface area contributed by atoms with Gasteiger partial charge in [-0.2, -0.15) is 35.5 Å². The highest BCUT2D eigenvalue weighted by molar-refractivity contribution is 7.87. The van der Waals surface area contributed by atoms with Crippen LogP contribution in [0.5, 0.6) is 17.2 Å². The molecule has 0 aliphatic carbocycles. The Bertz CT molecular complexity index is 3110. The molecule has 0 amide bonds. The molecule has 0 saturated heterocycles. The minimum Gasteiger partial charge on any atom is -0.505 e. The number of aryl methyl sites for hydroxylation is 2. The van der Waals surface area contributed by atoms with Crippen molar-refractivity contribution >= 4 is 86.6 Å². The van der Waals surface area contributed by atoms with E-state index in [9.17, 15) is 44.0 Å². The summed E-state index contributed by atoms with van der Waals surface area (Å²) in [5.41, 5.74) is 2.27. The fourth-order valence-electron chi connectivity index (χ4n) is 5.70. The van der Waals surface area contributed by atoms with Crippen molar-refractivity contribution in [3.05, 3.63) is 108 Å². The molecule has 0 aliphatic heterocycles. The van der Waals surface area contributed by atoms with Crippen LogP contribution in [0.15, 0.2) is 142 Å². The number of azo groups is 3. The second-order valence-electron chi connectivity index (χ2n) is 12.8. The van der Waals surface area contributed by atoms with E-state index in [1.54, 1.807) is 38.1 Å². The van der Waals surface area contributed by atoms with Gasteiger partial charge in [0.05, 0.1) is 30.5 Å². The molecule has 19 nitrogen and oxygen atoms in total. The number of rotatable bonds is 13. The lowest BCUT2D eigenvalue weighted by Gasteiger charge is -2.12. The van der Waals surface area contributed by atoms with E-state index in [1.165, 1.54) is 38.5 Å². The zero-order valence-electron chi connectivity index (χ0n) is 31.7. The Morgan fingerprint density at radius 3 is 1.58 bits per heavy atom. The van der Waals surface area contributed by atoms with Crippen LogP contribution in [-0.2, 0) is 30.4 Å². The summed E-state index contributed by atoms with van der Waals surface area (Å²) in [5.74, 6) is -0.236. The second kappa shape index (κ2) is 16.9. The number of fused-ring (bicyclic) bond motifs is 1. The molecule has 0 atom stereocenters. The topological polar surface area (TPSA) is 288 Å². The van der Waals surface area contributed by atoms with Gasteiger partial charge in [-0.3, -0.25) is 13.7 Å². The number of nitrogens with one attached hydrogen (secondary N) is 1. The Morgan fingerprint density at radius 2 is 1.05 bits per heavy atom. The molecule has 6 aromatic rings. The van der Waals surface area contributed by atoms with Crippen molar-refractivity contribution in [3.63, 3.8) is 0 Å². The number of hydrogen-bond acceptors (Lipinski definition) is 16. The predicted molar refractivity (Wildman–Crippen MR) is 219 cm³/mol. The van der Waals surface area contributed by atoms with E-state index >= 15 is 0 Å². The van der Waals surface area contributed by atoms with Crippen LogP contribution in [-0.4, -0.2) is 58.2 Å². The lowest BCUT2D eigenvalue weighted by Crippen LogP contribution is -2.03. The average molecular weight is 876 g/mol. The molecule has 0 heterocycles. The summed E-state index contributed by atoms with van der Waals surface area (Å²) >= 11 is 0. The number of para-hydroxylation sites is 1. The van der Waals surface area contributed by atoms with Crippen molar-refractivity contribution < 1.29 is 53.5 Å². The molecule has 0 spiro atoms. The number of ether oxygens (including phenoxy) is 2. The molecule has 22 heteroatoms. The van der Waals surface area contributed by atoms with Gasteiger partial charge in [0.25, 0.3) is 30.4 Å². The summed E-state index contributed by atoms with van der Waals surface area (Å²) < 4.78 is 112. The number of phenolic OH excluding ortho intramolecular Hbond substituents is 1. The van der Waals surface area contributed by atoms with Crippen LogP contribution in [0.3, 0.4) is 0 Å². The average Bonchev–Trinajstić information content (AvgIpc) is 3.18. The molecule has 5 N–H and O–H groups in total. The van der Waals surface area contributed by atoms with Gasteiger partial charge in [-0.25, -0.2) is 0 Å². The van der Waals surface area contributed by atoms with Crippen LogP contribution in [0.25, 0.3) is 10.8 Å². The fourth-order valence-corrected chi connectivity index (χ4v) is 7.59. The van der Waals surface area contributed by atoms with Crippen LogP contribution in [0.2, 0.25) is 0 Å². The van der Waals surface area contributed by atoms with Gasteiger partial charge in [-0.1, -0.05) is 18.2 Å². The van der Waals surface area contributed by atoms with E-state index in [0.29, 0.717) is 34.0 Å². The maximum atomic E-state index is 12.5. The first kappa shape index (κ1) is 42.9. The Kier molecular flexibility index (Phi) is 12.1. The van der Waals surface area contributed by atoms with Crippen molar-refractivity contribution in [2.45, 2.75) is 28.5 Å². The highest BCUT2D eigenvalue weighted by Crippen LogP contribution is 2.44. The van der Waals surface area contributed by atoms with Gasteiger partial charge in [0, 0.05) is 28.9 Å². The van der Waals surface area contributed by atoms with Gasteiger partial charge in [-0.15, -0.1) is 20.5 Å². The summed E-state index contributed by atoms with van der Waals surface area (Å²) in [6.45, 7) is 3.31. The molecule has 0 aliphatic rings. The lowest BCUT2D eigenvalue weighted by atomic mass is 10.1. The van der Waals surface area contributed by atoms with Crippen LogP contribution < -0.4 is 14.8 Å². The van der Waals surface area contributed by atoms with Gasteiger partial charge in [0.2, 0.25) is 0 Å². The third-order valence-corrected chi connectivity index (χ3v) is 11.3. The van der Waals surface area contributed by atoms with Gasteiger partial charge in [0.15, 0.2) is 5.75 Å². The number of nitrogens with zero attached hydrogens (tertiary/aromatic N) is 6. The number of hydrogen-bond donors (Lipinski definition) is 5. The van der Waals surface area contributed by atoms with E-state index in [4.69, 9.17) is 9.47 Å². The molecule has 0 unspecified atom stereocenters. The molecule has 0 bridgehead atoms. The minimum absolute atomic E-state index is 0.116. The van der Waals surface area contributed by atoms with Crippen molar-refractivity contribution in [2.24, 2.45) is 30.7 Å². The minimum atomic E-state index is -4.98. The van der Waals surface area contributed by atoms with E-state index in [-0.39, 0.29) is 33.9 Å². The van der Waals surface area contributed by atoms with Gasteiger partial charge in [-0.05, 0) is 97.1 Å². The number of anilines is 2. The second-order valence-corrected chi connectivity index (χ2v) is 17.0. The molecule has 310 valence electrons. The Balaban J connectivity index is 1.29. The number of phenols is 1. The SMILES string of the molecule is COc1cc(N=Nc2ccc(S(=O)(=O)O)cc2S(=O)(=O)O)c(C)cc1N=Nc1cc(OC)c(N=Nc2c(S(=O)(=O)O)cc3cc(Nc4ccccc4)ccc3c2O)cc1C. The zero-order chi connectivity index (χ0) is 43.6. The Hall–Kier alpha value is -6.69. The first-order chi connectivity index (χ1) is 28.3. The highest BCUT2D eigenvalue weighted by atomic mass is 32.2. The van der Waals surface area contributed by atoms with Crippen LogP contribution >= 0.6 is 0 Å². The number of benzene rings is 6. The first-order valence-electron chi connectivity index (χ1n) is 17.1. The van der Waals surface area contributed by atoms with E-state index < -0.39 is 62.2 Å². The van der Waals surface area contributed by atoms with E-state index in [0.717, 1.165) is 17.8 Å². The van der Waals surface area contributed by atoms with Gasteiger partial charge < -0.3 is 19.9 Å². The fraction of sp³-hybridized carbons (Fsp3) is 0.105. The number of methoxy groups -OCH3 is 2. The summed E-state index contributed by atoms with van der Waals surface area (Å²) in [6, 6.07) is 23.6. The molecule has 0 radical (unpaired) electrons. The van der Waals surface area contributed by atoms with Crippen LogP contribution in [0.1, 0.15) is 11.1 Å². The third kappa shape index (κ3) is 9.60. The van der Waals surface area contributed by atoms with Crippen molar-refractivity contribution in [1.82, 2.24) is 0 Å². The van der Waals surface area contributed by atoms with Crippen molar-refractivity contribution in [1.29, 1.82) is 0 Å². The summed E-state index contributed by atoms with van der Waals surface area (Å²) in [7, 11) is -12.0. The molecule has 0 fully saturated rings.